The second kappa shape index (κ2) is 8.32. The molecular formula is C19H19F3N2O3S. The van der Waals surface area contributed by atoms with E-state index in [1.165, 1.54) is 22.5 Å². The third kappa shape index (κ3) is 4.71. The second-order valence-corrected chi connectivity index (χ2v) is 8.60. The molecule has 0 spiro atoms. The van der Waals surface area contributed by atoms with E-state index in [9.17, 15) is 26.4 Å². The standard InChI is InChI=1S/C19H19F3N2O3S/c20-15-5-6-18(17(22)11-15)23-19(25)13-7-9-24(10-8-13)28(26,27)12-14-3-1-2-4-16(14)21/h1-6,11,13H,7-10,12H2,(H,23,25). The molecule has 3 rings (SSSR count). The molecule has 0 radical (unpaired) electrons. The highest BCUT2D eigenvalue weighted by atomic mass is 32.2. The maximum absolute atomic E-state index is 13.7. The number of carbonyl (C=O) groups excluding carboxylic acids is 1. The Labute approximate surface area is 161 Å². The van der Waals surface area contributed by atoms with Crippen LogP contribution in [0.2, 0.25) is 0 Å². The first-order chi connectivity index (χ1) is 13.3. The Morgan fingerprint density at radius 3 is 2.36 bits per heavy atom. The van der Waals surface area contributed by atoms with Crippen molar-refractivity contribution < 1.29 is 26.4 Å². The van der Waals surface area contributed by atoms with Gasteiger partial charge in [-0.25, -0.2) is 25.9 Å². The first-order valence-electron chi connectivity index (χ1n) is 8.73. The summed E-state index contributed by atoms with van der Waals surface area (Å²) in [6, 6.07) is 8.53. The lowest BCUT2D eigenvalue weighted by Gasteiger charge is -2.30. The highest BCUT2D eigenvalue weighted by Crippen LogP contribution is 2.24. The Hall–Kier alpha value is -2.39. The summed E-state index contributed by atoms with van der Waals surface area (Å²) in [4.78, 5) is 12.3. The van der Waals surface area contributed by atoms with E-state index < -0.39 is 45.1 Å². The Kier molecular flexibility index (Phi) is 6.04. The number of hydrogen-bond donors (Lipinski definition) is 1. The number of nitrogens with zero attached hydrogens (tertiary/aromatic N) is 1. The van der Waals surface area contributed by atoms with Crippen LogP contribution in [0.5, 0.6) is 0 Å². The topological polar surface area (TPSA) is 66.5 Å². The van der Waals surface area contributed by atoms with Crippen molar-refractivity contribution in [3.8, 4) is 0 Å². The lowest BCUT2D eigenvalue weighted by molar-refractivity contribution is -0.120. The molecular weight excluding hydrogens is 393 g/mol. The van der Waals surface area contributed by atoms with E-state index in [0.717, 1.165) is 12.1 Å². The zero-order valence-electron chi connectivity index (χ0n) is 14.9. The first kappa shape index (κ1) is 20.3. The SMILES string of the molecule is O=C(Nc1ccc(F)cc1F)C1CCN(S(=O)(=O)Cc2ccccc2F)CC1. The third-order valence-corrected chi connectivity index (χ3v) is 6.53. The summed E-state index contributed by atoms with van der Waals surface area (Å²) in [5, 5.41) is 2.41. The second-order valence-electron chi connectivity index (χ2n) is 6.63. The van der Waals surface area contributed by atoms with Crippen LogP contribution in [-0.4, -0.2) is 31.7 Å². The van der Waals surface area contributed by atoms with Gasteiger partial charge in [0.25, 0.3) is 0 Å². The summed E-state index contributed by atoms with van der Waals surface area (Å²) in [6.45, 7) is 0.224. The van der Waals surface area contributed by atoms with Crippen molar-refractivity contribution in [2.24, 2.45) is 5.92 Å². The van der Waals surface area contributed by atoms with E-state index in [2.05, 4.69) is 5.32 Å². The molecule has 1 N–H and O–H groups in total. The van der Waals surface area contributed by atoms with E-state index in [0.29, 0.717) is 6.07 Å². The minimum absolute atomic E-state index is 0.0918. The minimum Gasteiger partial charge on any atom is -0.323 e. The van der Waals surface area contributed by atoms with Gasteiger partial charge in [0, 0.05) is 30.6 Å². The summed E-state index contributed by atoms with van der Waals surface area (Å²) < 4.78 is 66.6. The van der Waals surface area contributed by atoms with Crippen LogP contribution in [0, 0.1) is 23.4 Å². The fourth-order valence-corrected chi connectivity index (χ4v) is 4.70. The first-order valence-corrected chi connectivity index (χ1v) is 10.3. The summed E-state index contributed by atoms with van der Waals surface area (Å²) in [5.41, 5.74) is -0.0323. The predicted octanol–water partition coefficient (Wildman–Crippen LogP) is 3.28. The molecule has 1 amide bonds. The van der Waals surface area contributed by atoms with Crippen LogP contribution in [0.25, 0.3) is 0 Å². The number of piperidine rings is 1. The molecule has 1 saturated heterocycles. The summed E-state index contributed by atoms with van der Waals surface area (Å²) >= 11 is 0. The van der Waals surface area contributed by atoms with Gasteiger partial charge in [-0.2, -0.15) is 0 Å². The molecule has 1 aliphatic heterocycles. The predicted molar refractivity (Wildman–Crippen MR) is 98.3 cm³/mol. The summed E-state index contributed by atoms with van der Waals surface area (Å²) in [7, 11) is -3.72. The molecule has 2 aromatic carbocycles. The lowest BCUT2D eigenvalue weighted by Crippen LogP contribution is -2.42. The van der Waals surface area contributed by atoms with Gasteiger partial charge in [-0.1, -0.05) is 18.2 Å². The number of nitrogens with one attached hydrogen (secondary N) is 1. The molecule has 0 bridgehead atoms. The number of anilines is 1. The smallest absolute Gasteiger partial charge is 0.227 e. The largest absolute Gasteiger partial charge is 0.323 e. The fraction of sp³-hybridized carbons (Fsp3) is 0.316. The van der Waals surface area contributed by atoms with Crippen LogP contribution in [0.4, 0.5) is 18.9 Å². The molecule has 0 atom stereocenters. The van der Waals surface area contributed by atoms with Crippen LogP contribution >= 0.6 is 0 Å². The van der Waals surface area contributed by atoms with Gasteiger partial charge in [-0.05, 0) is 31.0 Å². The van der Waals surface area contributed by atoms with Crippen molar-refractivity contribution in [3.63, 3.8) is 0 Å². The van der Waals surface area contributed by atoms with Crippen LogP contribution in [0.1, 0.15) is 18.4 Å². The molecule has 1 heterocycles. The van der Waals surface area contributed by atoms with Gasteiger partial charge in [-0.3, -0.25) is 4.79 Å². The molecule has 28 heavy (non-hydrogen) atoms. The van der Waals surface area contributed by atoms with Crippen LogP contribution in [0.15, 0.2) is 42.5 Å². The fourth-order valence-electron chi connectivity index (χ4n) is 3.13. The maximum Gasteiger partial charge on any atom is 0.227 e. The van der Waals surface area contributed by atoms with Crippen LogP contribution in [0.3, 0.4) is 0 Å². The van der Waals surface area contributed by atoms with Gasteiger partial charge < -0.3 is 5.32 Å². The van der Waals surface area contributed by atoms with Crippen LogP contribution < -0.4 is 5.32 Å². The average molecular weight is 412 g/mol. The van der Waals surface area contributed by atoms with Gasteiger partial charge in [0.2, 0.25) is 15.9 Å². The molecule has 9 heteroatoms. The number of hydrogen-bond acceptors (Lipinski definition) is 3. The van der Waals surface area contributed by atoms with Crippen molar-refractivity contribution in [2.75, 3.05) is 18.4 Å². The normalized spacial score (nSPS) is 16.1. The van der Waals surface area contributed by atoms with Crippen LogP contribution in [-0.2, 0) is 20.6 Å². The molecule has 1 fully saturated rings. The molecule has 0 unspecified atom stereocenters. The van der Waals surface area contributed by atoms with E-state index in [4.69, 9.17) is 0 Å². The monoisotopic (exact) mass is 412 g/mol. The highest BCUT2D eigenvalue weighted by molar-refractivity contribution is 7.88. The van der Waals surface area contributed by atoms with Gasteiger partial charge in [0.05, 0.1) is 11.4 Å². The Bertz CT molecular complexity index is 974. The van der Waals surface area contributed by atoms with Crippen molar-refractivity contribution in [1.29, 1.82) is 0 Å². The molecule has 0 aromatic heterocycles. The molecule has 2 aromatic rings. The number of carbonyl (C=O) groups is 1. The van der Waals surface area contributed by atoms with Gasteiger partial charge in [-0.15, -0.1) is 0 Å². The van der Waals surface area contributed by atoms with E-state index in [1.807, 2.05) is 0 Å². The summed E-state index contributed by atoms with van der Waals surface area (Å²) in [6.07, 6.45) is 0.510. The van der Waals surface area contributed by atoms with E-state index >= 15 is 0 Å². The number of benzene rings is 2. The Balaban J connectivity index is 1.59. The maximum atomic E-state index is 13.7. The summed E-state index contributed by atoms with van der Waals surface area (Å²) in [5.74, 6) is -3.60. The van der Waals surface area contributed by atoms with E-state index in [1.54, 1.807) is 6.07 Å². The molecule has 0 aliphatic carbocycles. The van der Waals surface area contributed by atoms with Gasteiger partial charge >= 0.3 is 0 Å². The Morgan fingerprint density at radius 2 is 1.71 bits per heavy atom. The van der Waals surface area contributed by atoms with E-state index in [-0.39, 0.29) is 37.2 Å². The minimum atomic E-state index is -3.72. The molecule has 5 nitrogen and oxygen atoms in total. The van der Waals surface area contributed by atoms with Crippen molar-refractivity contribution in [2.45, 2.75) is 18.6 Å². The van der Waals surface area contributed by atoms with Gasteiger partial charge in [0.15, 0.2) is 0 Å². The molecule has 150 valence electrons. The number of sulfonamides is 1. The van der Waals surface area contributed by atoms with Crippen molar-refractivity contribution in [1.82, 2.24) is 4.31 Å². The number of amides is 1. The highest BCUT2D eigenvalue weighted by Gasteiger charge is 2.31. The average Bonchev–Trinajstić information content (AvgIpc) is 2.66. The lowest BCUT2D eigenvalue weighted by atomic mass is 9.97. The number of halogens is 3. The molecule has 0 saturated carbocycles. The number of rotatable bonds is 5. The van der Waals surface area contributed by atoms with Gasteiger partial charge in [0.1, 0.15) is 17.5 Å². The van der Waals surface area contributed by atoms with Crippen molar-refractivity contribution >= 4 is 21.6 Å². The Morgan fingerprint density at radius 1 is 1.04 bits per heavy atom. The molecule has 1 aliphatic rings. The third-order valence-electron chi connectivity index (χ3n) is 4.70. The zero-order valence-corrected chi connectivity index (χ0v) is 15.7. The van der Waals surface area contributed by atoms with Crippen molar-refractivity contribution in [3.05, 3.63) is 65.5 Å². The quantitative estimate of drug-likeness (QED) is 0.820. The zero-order chi connectivity index (χ0) is 20.3.